The van der Waals surface area contributed by atoms with Crippen LogP contribution in [-0.4, -0.2) is 11.5 Å². The molecule has 5 heteroatoms. The minimum absolute atomic E-state index is 0.0938. The summed E-state index contributed by atoms with van der Waals surface area (Å²) in [6.45, 7) is 9.62. The zero-order valence-corrected chi connectivity index (χ0v) is 12.7. The third kappa shape index (κ3) is 3.98. The highest BCUT2D eigenvalue weighted by molar-refractivity contribution is 9.10. The Morgan fingerprint density at radius 2 is 2.06 bits per heavy atom. The van der Waals surface area contributed by atoms with E-state index in [9.17, 15) is 10.1 Å². The number of nitro groups is 1. The molecule has 0 radical (unpaired) electrons. The summed E-state index contributed by atoms with van der Waals surface area (Å²) in [5.74, 6) is 0.500. The average Bonchev–Trinajstić information content (AvgIpc) is 2.25. The van der Waals surface area contributed by atoms with Gasteiger partial charge in [-0.05, 0) is 33.3 Å². The molecule has 0 bridgehead atoms. The second-order valence-corrected chi connectivity index (χ2v) is 6.42. The molecule has 18 heavy (non-hydrogen) atoms. The number of rotatable bonds is 4. The van der Waals surface area contributed by atoms with Gasteiger partial charge in [-0.25, -0.2) is 0 Å². The van der Waals surface area contributed by atoms with Crippen molar-refractivity contribution in [2.45, 2.75) is 27.7 Å². The molecule has 0 heterocycles. The summed E-state index contributed by atoms with van der Waals surface area (Å²) in [5, 5.41) is 13.9. The second-order valence-electron chi connectivity index (χ2n) is 5.57. The fraction of sp³-hybridized carbons (Fsp3) is 0.538. The van der Waals surface area contributed by atoms with Gasteiger partial charge in [-0.3, -0.25) is 10.1 Å². The van der Waals surface area contributed by atoms with E-state index in [4.69, 9.17) is 0 Å². The molecular formula is C13H19BrN2O2. The zero-order chi connectivity index (χ0) is 13.9. The zero-order valence-electron chi connectivity index (χ0n) is 11.2. The van der Waals surface area contributed by atoms with E-state index in [0.717, 1.165) is 16.7 Å². The van der Waals surface area contributed by atoms with Crippen LogP contribution in [0.3, 0.4) is 0 Å². The smallest absolute Gasteiger partial charge is 0.270 e. The lowest BCUT2D eigenvalue weighted by Crippen LogP contribution is -2.24. The molecule has 0 aromatic heterocycles. The van der Waals surface area contributed by atoms with Gasteiger partial charge < -0.3 is 5.32 Å². The average molecular weight is 315 g/mol. The minimum atomic E-state index is -0.397. The first-order valence-corrected chi connectivity index (χ1v) is 6.69. The van der Waals surface area contributed by atoms with Crippen molar-refractivity contribution in [1.82, 2.24) is 0 Å². The lowest BCUT2D eigenvalue weighted by Gasteiger charge is -2.27. The van der Waals surface area contributed by atoms with Crippen molar-refractivity contribution in [1.29, 1.82) is 0 Å². The Kier molecular flexibility index (Phi) is 4.73. The van der Waals surface area contributed by atoms with E-state index in [1.165, 1.54) is 12.1 Å². The highest BCUT2D eigenvalue weighted by Gasteiger charge is 2.20. The third-order valence-corrected chi connectivity index (χ3v) is 3.90. The Labute approximate surface area is 116 Å². The molecule has 1 atom stereocenters. The number of benzene rings is 1. The fourth-order valence-electron chi connectivity index (χ4n) is 1.33. The Hall–Kier alpha value is -1.10. The summed E-state index contributed by atoms with van der Waals surface area (Å²) in [5.41, 5.74) is 1.22. The van der Waals surface area contributed by atoms with E-state index in [0.29, 0.717) is 5.92 Å². The topological polar surface area (TPSA) is 55.2 Å². The quantitative estimate of drug-likeness (QED) is 0.659. The lowest BCUT2D eigenvalue weighted by molar-refractivity contribution is -0.384. The van der Waals surface area contributed by atoms with Gasteiger partial charge in [-0.1, -0.05) is 27.7 Å². The number of anilines is 1. The molecule has 0 aliphatic rings. The standard InChI is InChI=1S/C13H19BrN2O2/c1-9(13(2,3)4)8-15-12-6-5-10(16(17)18)7-11(12)14/h5-7,9,15H,8H2,1-4H3. The van der Waals surface area contributed by atoms with E-state index < -0.39 is 4.92 Å². The second kappa shape index (κ2) is 5.69. The monoisotopic (exact) mass is 314 g/mol. The number of hydrogen-bond acceptors (Lipinski definition) is 3. The summed E-state index contributed by atoms with van der Waals surface area (Å²) >= 11 is 3.35. The van der Waals surface area contributed by atoms with E-state index in [1.807, 2.05) is 0 Å². The number of halogens is 1. The predicted molar refractivity (Wildman–Crippen MR) is 77.9 cm³/mol. The summed E-state index contributed by atoms with van der Waals surface area (Å²) in [6, 6.07) is 4.76. The van der Waals surface area contributed by atoms with Crippen LogP contribution in [0.4, 0.5) is 11.4 Å². The molecule has 100 valence electrons. The van der Waals surface area contributed by atoms with E-state index >= 15 is 0 Å². The van der Waals surface area contributed by atoms with Gasteiger partial charge >= 0.3 is 0 Å². The van der Waals surface area contributed by atoms with Crippen molar-refractivity contribution < 1.29 is 4.92 Å². The molecule has 0 spiro atoms. The summed E-state index contributed by atoms with van der Waals surface area (Å²) in [4.78, 5) is 10.2. The highest BCUT2D eigenvalue weighted by Crippen LogP contribution is 2.29. The number of non-ortho nitro benzene ring substituents is 1. The van der Waals surface area contributed by atoms with Crippen LogP contribution < -0.4 is 5.32 Å². The number of nitrogens with one attached hydrogen (secondary N) is 1. The van der Waals surface area contributed by atoms with Crippen molar-refractivity contribution in [3.8, 4) is 0 Å². The Morgan fingerprint density at radius 1 is 1.44 bits per heavy atom. The molecule has 1 N–H and O–H groups in total. The molecule has 0 saturated heterocycles. The maximum Gasteiger partial charge on any atom is 0.270 e. The van der Waals surface area contributed by atoms with Crippen LogP contribution in [0.1, 0.15) is 27.7 Å². The summed E-state index contributed by atoms with van der Waals surface area (Å²) < 4.78 is 0.720. The van der Waals surface area contributed by atoms with Crippen molar-refractivity contribution in [3.63, 3.8) is 0 Å². The van der Waals surface area contributed by atoms with Crippen LogP contribution in [-0.2, 0) is 0 Å². The molecule has 4 nitrogen and oxygen atoms in total. The van der Waals surface area contributed by atoms with Gasteiger partial charge in [0, 0.05) is 28.8 Å². The molecule has 1 aromatic rings. The normalized spacial score (nSPS) is 13.2. The first-order chi connectivity index (χ1) is 8.21. The van der Waals surface area contributed by atoms with Crippen LogP contribution >= 0.6 is 15.9 Å². The van der Waals surface area contributed by atoms with Crippen molar-refractivity contribution in [3.05, 3.63) is 32.8 Å². The molecule has 0 fully saturated rings. The molecule has 0 aliphatic carbocycles. The summed E-state index contributed by atoms with van der Waals surface area (Å²) in [6.07, 6.45) is 0. The molecule has 1 aromatic carbocycles. The molecule has 1 rings (SSSR count). The Morgan fingerprint density at radius 3 is 2.50 bits per heavy atom. The van der Waals surface area contributed by atoms with E-state index in [-0.39, 0.29) is 11.1 Å². The number of hydrogen-bond donors (Lipinski definition) is 1. The molecule has 0 saturated carbocycles. The van der Waals surface area contributed by atoms with Crippen LogP contribution in [0.2, 0.25) is 0 Å². The van der Waals surface area contributed by atoms with Gasteiger partial charge in [0.05, 0.1) is 4.92 Å². The van der Waals surface area contributed by atoms with E-state index in [2.05, 4.69) is 48.9 Å². The van der Waals surface area contributed by atoms with Gasteiger partial charge in [0.2, 0.25) is 0 Å². The maximum atomic E-state index is 10.6. The third-order valence-electron chi connectivity index (χ3n) is 3.24. The first-order valence-electron chi connectivity index (χ1n) is 5.89. The predicted octanol–water partition coefficient (Wildman–Crippen LogP) is 4.45. The van der Waals surface area contributed by atoms with Gasteiger partial charge in [-0.15, -0.1) is 0 Å². The van der Waals surface area contributed by atoms with Crippen molar-refractivity contribution in [2.75, 3.05) is 11.9 Å². The largest absolute Gasteiger partial charge is 0.384 e. The first kappa shape index (κ1) is 15.0. The van der Waals surface area contributed by atoms with Crippen molar-refractivity contribution >= 4 is 27.3 Å². The van der Waals surface area contributed by atoms with Crippen LogP contribution in [0.5, 0.6) is 0 Å². The van der Waals surface area contributed by atoms with Crippen molar-refractivity contribution in [2.24, 2.45) is 11.3 Å². The molecule has 0 amide bonds. The number of nitro benzene ring substituents is 1. The minimum Gasteiger partial charge on any atom is -0.384 e. The fourth-order valence-corrected chi connectivity index (χ4v) is 1.84. The molecule has 1 unspecified atom stereocenters. The Balaban J connectivity index is 2.72. The summed E-state index contributed by atoms with van der Waals surface area (Å²) in [7, 11) is 0. The van der Waals surface area contributed by atoms with Gasteiger partial charge in [0.1, 0.15) is 0 Å². The molecular weight excluding hydrogens is 296 g/mol. The van der Waals surface area contributed by atoms with Gasteiger partial charge in [0.25, 0.3) is 5.69 Å². The lowest BCUT2D eigenvalue weighted by atomic mass is 9.82. The maximum absolute atomic E-state index is 10.6. The van der Waals surface area contributed by atoms with Crippen LogP contribution in [0.15, 0.2) is 22.7 Å². The SMILES string of the molecule is CC(CNc1ccc([N+](=O)[O-])cc1Br)C(C)(C)C. The Bertz CT molecular complexity index is 441. The van der Waals surface area contributed by atoms with Crippen LogP contribution in [0, 0.1) is 21.4 Å². The number of nitrogens with zero attached hydrogens (tertiary/aromatic N) is 1. The van der Waals surface area contributed by atoms with Gasteiger partial charge in [-0.2, -0.15) is 0 Å². The molecule has 0 aliphatic heterocycles. The highest BCUT2D eigenvalue weighted by atomic mass is 79.9. The van der Waals surface area contributed by atoms with Crippen LogP contribution in [0.25, 0.3) is 0 Å². The van der Waals surface area contributed by atoms with Gasteiger partial charge in [0.15, 0.2) is 0 Å². The van der Waals surface area contributed by atoms with E-state index in [1.54, 1.807) is 6.07 Å².